The number of hydrogen-bond donors (Lipinski definition) is 0. The van der Waals surface area contributed by atoms with Crippen LogP contribution in [0.25, 0.3) is 0 Å². The van der Waals surface area contributed by atoms with E-state index >= 15 is 0 Å². The molecule has 0 saturated heterocycles. The molecule has 16 heavy (non-hydrogen) atoms. The molecule has 2 aliphatic rings. The molecule has 2 atom stereocenters. The van der Waals surface area contributed by atoms with Gasteiger partial charge >= 0.3 is 0 Å². The van der Waals surface area contributed by atoms with Gasteiger partial charge in [-0.2, -0.15) is 0 Å². The molecule has 0 nitrogen and oxygen atoms in total. The van der Waals surface area contributed by atoms with Crippen molar-refractivity contribution in [1.29, 1.82) is 0 Å². The normalized spacial score (nSPS) is 36.1. The number of hydrogen-bond acceptors (Lipinski definition) is 0. The Hall–Kier alpha value is -0.520. The third kappa shape index (κ3) is 1.42. The minimum absolute atomic E-state index is 0.348. The highest BCUT2D eigenvalue weighted by Gasteiger charge is 2.47. The first kappa shape index (κ1) is 12.0. The second-order valence-corrected chi connectivity index (χ2v) is 6.85. The minimum Gasteiger partial charge on any atom is -0.0839 e. The molecule has 2 unspecified atom stereocenters. The molecule has 90 valence electrons. The van der Waals surface area contributed by atoms with Gasteiger partial charge in [-0.1, -0.05) is 59.3 Å². The second kappa shape index (κ2) is 3.48. The Labute approximate surface area is 101 Å². The van der Waals surface area contributed by atoms with Gasteiger partial charge in [-0.3, -0.25) is 0 Å². The molecule has 0 aromatic carbocycles. The predicted octanol–water partition coefficient (Wildman–Crippen LogP) is 4.97. The van der Waals surface area contributed by atoms with E-state index in [1.54, 1.807) is 11.1 Å². The Morgan fingerprint density at radius 3 is 2.19 bits per heavy atom. The topological polar surface area (TPSA) is 0 Å². The molecule has 0 heteroatoms. The fraction of sp³-hybridized carbons (Fsp3) is 0.750. The molecule has 0 aliphatic heterocycles. The number of rotatable bonds is 0. The van der Waals surface area contributed by atoms with Crippen LogP contribution >= 0.6 is 0 Å². The van der Waals surface area contributed by atoms with E-state index in [0.717, 1.165) is 11.8 Å². The zero-order valence-electron chi connectivity index (χ0n) is 11.7. The van der Waals surface area contributed by atoms with E-state index in [1.807, 2.05) is 0 Å². The summed E-state index contributed by atoms with van der Waals surface area (Å²) >= 11 is 0. The molecule has 2 rings (SSSR count). The van der Waals surface area contributed by atoms with Gasteiger partial charge in [-0.15, -0.1) is 0 Å². The molecule has 0 saturated carbocycles. The maximum absolute atomic E-state index is 2.44. The molecule has 2 aliphatic carbocycles. The summed E-state index contributed by atoms with van der Waals surface area (Å²) in [5.74, 6) is 1.52. The summed E-state index contributed by atoms with van der Waals surface area (Å²) in [5, 5.41) is 0. The summed E-state index contributed by atoms with van der Waals surface area (Å²) in [5.41, 5.74) is 4.09. The number of allylic oxidation sites excluding steroid dienone is 4. The van der Waals surface area contributed by atoms with Crippen molar-refractivity contribution < 1.29 is 0 Å². The van der Waals surface area contributed by atoms with Crippen LogP contribution in [0.3, 0.4) is 0 Å². The Balaban J connectivity index is 2.61. The van der Waals surface area contributed by atoms with E-state index in [-0.39, 0.29) is 0 Å². The van der Waals surface area contributed by atoms with Gasteiger partial charge in [-0.05, 0) is 41.1 Å². The lowest BCUT2D eigenvalue weighted by Crippen LogP contribution is -2.44. The average molecular weight is 218 g/mol. The summed E-state index contributed by atoms with van der Waals surface area (Å²) in [4.78, 5) is 0. The Morgan fingerprint density at radius 2 is 1.56 bits per heavy atom. The molecule has 0 fully saturated rings. The quantitative estimate of drug-likeness (QED) is 0.538. The van der Waals surface area contributed by atoms with Gasteiger partial charge in [0.15, 0.2) is 0 Å². The Kier molecular flexibility index (Phi) is 2.60. The monoisotopic (exact) mass is 218 g/mol. The first-order valence-corrected chi connectivity index (χ1v) is 6.70. The molecule has 0 radical (unpaired) electrons. The molecule has 0 bridgehead atoms. The van der Waals surface area contributed by atoms with Crippen LogP contribution in [0, 0.1) is 22.7 Å². The molecular weight excluding hydrogens is 192 g/mol. The van der Waals surface area contributed by atoms with Crippen molar-refractivity contribution in [2.75, 3.05) is 0 Å². The van der Waals surface area contributed by atoms with Crippen LogP contribution in [-0.4, -0.2) is 0 Å². The van der Waals surface area contributed by atoms with Crippen molar-refractivity contribution in [1.82, 2.24) is 0 Å². The van der Waals surface area contributed by atoms with Crippen molar-refractivity contribution in [2.24, 2.45) is 22.7 Å². The zero-order valence-corrected chi connectivity index (χ0v) is 11.7. The SMILES string of the molecule is CC1C(C)C(C)(C)C2=C(C=CCC2)C1(C)C. The van der Waals surface area contributed by atoms with Crippen molar-refractivity contribution >= 4 is 0 Å². The molecule has 0 aromatic heterocycles. The summed E-state index contributed by atoms with van der Waals surface area (Å²) in [6, 6.07) is 0. The van der Waals surface area contributed by atoms with Gasteiger partial charge in [0.25, 0.3) is 0 Å². The molecule has 0 amide bonds. The van der Waals surface area contributed by atoms with Gasteiger partial charge in [-0.25, -0.2) is 0 Å². The largest absolute Gasteiger partial charge is 0.0839 e. The third-order valence-electron chi connectivity index (χ3n) is 5.67. The van der Waals surface area contributed by atoms with E-state index in [0.29, 0.717) is 10.8 Å². The Morgan fingerprint density at radius 1 is 1.00 bits per heavy atom. The minimum atomic E-state index is 0.348. The highest BCUT2D eigenvalue weighted by atomic mass is 14.5. The standard InChI is InChI=1S/C16H26/c1-11-12(2)16(5,6)14-10-8-7-9-13(14)15(11,3)4/h7,9,11-12H,8,10H2,1-6H3. The smallest absolute Gasteiger partial charge is 0.00754 e. The van der Waals surface area contributed by atoms with E-state index in [4.69, 9.17) is 0 Å². The van der Waals surface area contributed by atoms with Crippen LogP contribution in [0.1, 0.15) is 54.4 Å². The lowest BCUT2D eigenvalue weighted by atomic mass is 9.52. The first-order chi connectivity index (χ1) is 7.29. The van der Waals surface area contributed by atoms with Gasteiger partial charge < -0.3 is 0 Å². The molecule has 0 N–H and O–H groups in total. The van der Waals surface area contributed by atoms with Crippen LogP contribution in [0.4, 0.5) is 0 Å². The summed E-state index contributed by atoms with van der Waals surface area (Å²) < 4.78 is 0. The van der Waals surface area contributed by atoms with Gasteiger partial charge in [0.1, 0.15) is 0 Å². The van der Waals surface area contributed by atoms with Crippen LogP contribution in [0.2, 0.25) is 0 Å². The van der Waals surface area contributed by atoms with Crippen molar-refractivity contribution in [3.8, 4) is 0 Å². The van der Waals surface area contributed by atoms with Crippen LogP contribution in [-0.2, 0) is 0 Å². The van der Waals surface area contributed by atoms with E-state index in [1.165, 1.54) is 12.8 Å². The summed E-state index contributed by atoms with van der Waals surface area (Å²) in [6.45, 7) is 14.6. The second-order valence-electron chi connectivity index (χ2n) is 6.85. The predicted molar refractivity (Wildman–Crippen MR) is 71.3 cm³/mol. The maximum Gasteiger partial charge on any atom is -0.00754 e. The van der Waals surface area contributed by atoms with Crippen molar-refractivity contribution in [2.45, 2.75) is 54.4 Å². The fourth-order valence-electron chi connectivity index (χ4n) is 3.71. The van der Waals surface area contributed by atoms with Gasteiger partial charge in [0.2, 0.25) is 0 Å². The third-order valence-corrected chi connectivity index (χ3v) is 5.67. The molecular formula is C16H26. The van der Waals surface area contributed by atoms with E-state index < -0.39 is 0 Å². The lowest BCUT2D eigenvalue weighted by Gasteiger charge is -2.53. The molecule has 0 heterocycles. The van der Waals surface area contributed by atoms with Crippen LogP contribution in [0.15, 0.2) is 23.3 Å². The van der Waals surface area contributed by atoms with E-state index in [9.17, 15) is 0 Å². The highest BCUT2D eigenvalue weighted by Crippen LogP contribution is 2.57. The highest BCUT2D eigenvalue weighted by molar-refractivity contribution is 5.41. The fourth-order valence-corrected chi connectivity index (χ4v) is 3.71. The van der Waals surface area contributed by atoms with Gasteiger partial charge in [0.05, 0.1) is 0 Å². The van der Waals surface area contributed by atoms with Gasteiger partial charge in [0, 0.05) is 0 Å². The van der Waals surface area contributed by atoms with Crippen LogP contribution < -0.4 is 0 Å². The van der Waals surface area contributed by atoms with Crippen molar-refractivity contribution in [3.63, 3.8) is 0 Å². The Bertz CT molecular complexity index is 352. The van der Waals surface area contributed by atoms with Crippen LogP contribution in [0.5, 0.6) is 0 Å². The average Bonchev–Trinajstić information content (AvgIpc) is 2.25. The van der Waals surface area contributed by atoms with E-state index in [2.05, 4.69) is 53.7 Å². The molecule has 0 spiro atoms. The first-order valence-electron chi connectivity index (χ1n) is 6.70. The molecule has 0 aromatic rings. The summed E-state index contributed by atoms with van der Waals surface area (Å²) in [7, 11) is 0. The maximum atomic E-state index is 2.44. The lowest BCUT2D eigenvalue weighted by molar-refractivity contribution is 0.0913. The van der Waals surface area contributed by atoms with Crippen molar-refractivity contribution in [3.05, 3.63) is 23.3 Å². The summed E-state index contributed by atoms with van der Waals surface area (Å²) in [6.07, 6.45) is 7.28. The zero-order chi connectivity index (χ0) is 12.1.